The third-order valence-electron chi connectivity index (χ3n) is 4.71. The largest absolute Gasteiger partial charge is 0.480 e. The summed E-state index contributed by atoms with van der Waals surface area (Å²) < 4.78 is 0. The lowest BCUT2D eigenvalue weighted by molar-refractivity contribution is -0.139. The van der Waals surface area contributed by atoms with Crippen LogP contribution in [0.4, 0.5) is 0 Å². The number of rotatable bonds is 1. The second-order valence-corrected chi connectivity index (χ2v) is 5.42. The molecule has 4 heteroatoms. The Balaban J connectivity index is 0.000000853. The minimum absolute atomic E-state index is 0. The Hall–Kier alpha value is -0.280. The molecule has 4 unspecified atom stereocenters. The number of carbonyl (C=O) groups is 1. The van der Waals surface area contributed by atoms with Crippen molar-refractivity contribution in [1.29, 1.82) is 0 Å². The van der Waals surface area contributed by atoms with Gasteiger partial charge in [0.2, 0.25) is 0 Å². The van der Waals surface area contributed by atoms with Crippen molar-refractivity contribution in [3.05, 3.63) is 0 Å². The maximum absolute atomic E-state index is 10.9. The van der Waals surface area contributed by atoms with Gasteiger partial charge in [-0.1, -0.05) is 6.42 Å². The first-order valence-electron chi connectivity index (χ1n) is 5.66. The van der Waals surface area contributed by atoms with Crippen molar-refractivity contribution in [3.63, 3.8) is 0 Å². The van der Waals surface area contributed by atoms with Crippen LogP contribution in [0.25, 0.3) is 0 Å². The summed E-state index contributed by atoms with van der Waals surface area (Å²) in [5, 5.41) is 12.1. The van der Waals surface area contributed by atoms with Gasteiger partial charge in [-0.3, -0.25) is 4.79 Å². The highest BCUT2D eigenvalue weighted by atomic mass is 35.5. The molecule has 2 aliphatic carbocycles. The molecular formula is C11H18ClNO2. The van der Waals surface area contributed by atoms with E-state index in [1.54, 1.807) is 0 Å². The number of aliphatic carboxylic acids is 1. The summed E-state index contributed by atoms with van der Waals surface area (Å²) in [4.78, 5) is 10.9. The van der Waals surface area contributed by atoms with Crippen molar-refractivity contribution in [3.8, 4) is 0 Å². The molecule has 0 aromatic heterocycles. The summed E-state index contributed by atoms with van der Waals surface area (Å²) >= 11 is 0. The van der Waals surface area contributed by atoms with Crippen molar-refractivity contribution >= 4 is 18.4 Å². The monoisotopic (exact) mass is 231 g/mol. The Kier molecular flexibility index (Phi) is 2.72. The van der Waals surface area contributed by atoms with E-state index in [0.29, 0.717) is 5.41 Å². The van der Waals surface area contributed by atoms with E-state index < -0.39 is 5.97 Å². The van der Waals surface area contributed by atoms with Gasteiger partial charge >= 0.3 is 5.97 Å². The van der Waals surface area contributed by atoms with Crippen LogP contribution in [0.1, 0.15) is 32.1 Å². The first-order chi connectivity index (χ1) is 6.70. The zero-order chi connectivity index (χ0) is 9.76. The molecule has 15 heavy (non-hydrogen) atoms. The quantitative estimate of drug-likeness (QED) is 0.722. The molecule has 0 aromatic carbocycles. The lowest BCUT2D eigenvalue weighted by Crippen LogP contribution is -2.30. The Bertz CT molecular complexity index is 284. The zero-order valence-electron chi connectivity index (χ0n) is 8.74. The SMILES string of the molecule is Cl.O=C(O)C1CC2(CN1)CC1CCC2C1. The Morgan fingerprint density at radius 3 is 2.60 bits per heavy atom. The van der Waals surface area contributed by atoms with Crippen LogP contribution in [0.5, 0.6) is 0 Å². The second kappa shape index (κ2) is 3.63. The molecule has 1 spiro atoms. The predicted molar refractivity (Wildman–Crippen MR) is 59.2 cm³/mol. The number of halogens is 1. The molecule has 2 N–H and O–H groups in total. The molecule has 0 radical (unpaired) electrons. The molecule has 0 aromatic rings. The number of carboxylic acid groups (broad SMARTS) is 1. The Labute approximate surface area is 96.0 Å². The molecule has 3 rings (SSSR count). The van der Waals surface area contributed by atoms with Gasteiger partial charge in [0.25, 0.3) is 0 Å². The maximum atomic E-state index is 10.9. The van der Waals surface area contributed by atoms with E-state index in [2.05, 4.69) is 5.32 Å². The van der Waals surface area contributed by atoms with Gasteiger partial charge in [0.1, 0.15) is 6.04 Å². The van der Waals surface area contributed by atoms with E-state index in [4.69, 9.17) is 5.11 Å². The van der Waals surface area contributed by atoms with Crippen molar-refractivity contribution in [2.24, 2.45) is 17.3 Å². The van der Waals surface area contributed by atoms with Gasteiger partial charge in [0.15, 0.2) is 0 Å². The van der Waals surface area contributed by atoms with E-state index in [-0.39, 0.29) is 18.4 Å². The molecule has 1 saturated heterocycles. The molecule has 0 amide bonds. The molecule has 4 atom stereocenters. The fourth-order valence-electron chi connectivity index (χ4n) is 4.08. The summed E-state index contributed by atoms with van der Waals surface area (Å²) in [6.45, 7) is 0.950. The van der Waals surface area contributed by atoms with Crippen LogP contribution < -0.4 is 5.32 Å². The van der Waals surface area contributed by atoms with E-state index in [0.717, 1.165) is 24.8 Å². The van der Waals surface area contributed by atoms with E-state index in [1.807, 2.05) is 0 Å². The normalized spacial score (nSPS) is 47.1. The third-order valence-corrected chi connectivity index (χ3v) is 4.71. The van der Waals surface area contributed by atoms with Crippen LogP contribution in [0.2, 0.25) is 0 Å². The molecule has 1 heterocycles. The maximum Gasteiger partial charge on any atom is 0.320 e. The lowest BCUT2D eigenvalue weighted by Gasteiger charge is -2.32. The minimum Gasteiger partial charge on any atom is -0.480 e. The van der Waals surface area contributed by atoms with Crippen LogP contribution in [-0.2, 0) is 4.79 Å². The predicted octanol–water partition coefficient (Wildman–Crippen LogP) is 1.66. The highest BCUT2D eigenvalue weighted by molar-refractivity contribution is 5.85. The second-order valence-electron chi connectivity index (χ2n) is 5.42. The van der Waals surface area contributed by atoms with E-state index in [9.17, 15) is 4.79 Å². The van der Waals surface area contributed by atoms with E-state index >= 15 is 0 Å². The van der Waals surface area contributed by atoms with Crippen LogP contribution >= 0.6 is 12.4 Å². The minimum atomic E-state index is -0.662. The van der Waals surface area contributed by atoms with Crippen LogP contribution in [0.15, 0.2) is 0 Å². The van der Waals surface area contributed by atoms with Crippen LogP contribution in [0.3, 0.4) is 0 Å². The Morgan fingerprint density at radius 1 is 1.33 bits per heavy atom. The molecule has 3 nitrogen and oxygen atoms in total. The first-order valence-corrected chi connectivity index (χ1v) is 5.66. The van der Waals surface area contributed by atoms with Crippen molar-refractivity contribution in [2.75, 3.05) is 6.54 Å². The standard InChI is InChI=1S/C11H17NO2.ClH/c13-10(14)9-5-11(6-12-9)4-7-1-2-8(11)3-7;/h7-9,12H,1-6H2,(H,13,14);1H. The van der Waals surface area contributed by atoms with Gasteiger partial charge in [0.05, 0.1) is 0 Å². The average molecular weight is 232 g/mol. The topological polar surface area (TPSA) is 49.3 Å². The van der Waals surface area contributed by atoms with Gasteiger partial charge in [-0.05, 0) is 42.9 Å². The summed E-state index contributed by atoms with van der Waals surface area (Å²) in [6, 6.07) is -0.269. The molecule has 2 bridgehead atoms. The Morgan fingerprint density at radius 2 is 2.13 bits per heavy atom. The fraction of sp³-hybridized carbons (Fsp3) is 0.909. The third kappa shape index (κ3) is 1.56. The molecule has 1 aliphatic heterocycles. The van der Waals surface area contributed by atoms with Crippen LogP contribution in [-0.4, -0.2) is 23.7 Å². The highest BCUT2D eigenvalue weighted by Crippen LogP contribution is 2.59. The number of hydrogen-bond donors (Lipinski definition) is 2. The summed E-state index contributed by atoms with van der Waals surface area (Å²) in [6.07, 6.45) is 6.27. The number of carboxylic acids is 1. The molecule has 86 valence electrons. The van der Waals surface area contributed by atoms with Crippen molar-refractivity contribution in [1.82, 2.24) is 5.32 Å². The molecule has 3 fully saturated rings. The summed E-state index contributed by atoms with van der Waals surface area (Å²) in [5.41, 5.74) is 0.367. The van der Waals surface area contributed by atoms with Gasteiger partial charge < -0.3 is 10.4 Å². The van der Waals surface area contributed by atoms with Crippen molar-refractivity contribution in [2.45, 2.75) is 38.1 Å². The fourth-order valence-corrected chi connectivity index (χ4v) is 4.08. The zero-order valence-corrected chi connectivity index (χ0v) is 9.55. The van der Waals surface area contributed by atoms with Gasteiger partial charge in [-0.2, -0.15) is 0 Å². The summed E-state index contributed by atoms with van der Waals surface area (Å²) in [7, 11) is 0. The molecular weight excluding hydrogens is 214 g/mol. The van der Waals surface area contributed by atoms with Crippen molar-refractivity contribution < 1.29 is 9.90 Å². The number of nitrogens with one attached hydrogen (secondary N) is 1. The van der Waals surface area contributed by atoms with Gasteiger partial charge in [-0.15, -0.1) is 12.4 Å². The lowest BCUT2D eigenvalue weighted by atomic mass is 9.72. The number of fused-ring (bicyclic) bond motifs is 3. The number of hydrogen-bond acceptors (Lipinski definition) is 2. The molecule has 3 aliphatic rings. The average Bonchev–Trinajstić information content (AvgIpc) is 2.79. The van der Waals surface area contributed by atoms with E-state index in [1.165, 1.54) is 25.7 Å². The molecule has 2 saturated carbocycles. The first kappa shape index (κ1) is 11.2. The van der Waals surface area contributed by atoms with Gasteiger partial charge in [0, 0.05) is 6.54 Å². The van der Waals surface area contributed by atoms with Crippen LogP contribution in [0, 0.1) is 17.3 Å². The highest BCUT2D eigenvalue weighted by Gasteiger charge is 2.54. The summed E-state index contributed by atoms with van der Waals surface area (Å²) in [5.74, 6) is 1.07. The smallest absolute Gasteiger partial charge is 0.320 e. The van der Waals surface area contributed by atoms with Gasteiger partial charge in [-0.25, -0.2) is 0 Å².